The van der Waals surface area contributed by atoms with Crippen LogP contribution >= 0.6 is 7.82 Å². The predicted octanol–water partition coefficient (Wildman–Crippen LogP) is -2.27. The molecule has 0 aliphatic carbocycles. The number of urea groups is 1. The molecule has 2 fully saturated rings. The zero-order valence-electron chi connectivity index (χ0n) is 11.4. The second kappa shape index (κ2) is 6.59. The maximum Gasteiger partial charge on any atom is 0.469 e. The zero-order valence-corrected chi connectivity index (χ0v) is 12.3. The van der Waals surface area contributed by atoms with Crippen molar-refractivity contribution in [1.82, 2.24) is 10.2 Å². The van der Waals surface area contributed by atoms with Crippen molar-refractivity contribution >= 4 is 19.8 Å². The van der Waals surface area contributed by atoms with Crippen LogP contribution in [0.4, 0.5) is 4.79 Å². The number of aliphatic hydroxyl groups is 2. The first kappa shape index (κ1) is 17.3. The van der Waals surface area contributed by atoms with E-state index in [1.807, 2.05) is 0 Å². The van der Waals surface area contributed by atoms with Gasteiger partial charge in [-0.15, -0.1) is 0 Å². The number of nitrogens with one attached hydrogen (secondary N) is 1. The van der Waals surface area contributed by atoms with Gasteiger partial charge in [0, 0.05) is 18.9 Å². The van der Waals surface area contributed by atoms with Crippen LogP contribution in [-0.2, 0) is 18.6 Å². The Morgan fingerprint density at radius 1 is 1.41 bits per heavy atom. The number of aliphatic hydroxyl groups excluding tert-OH is 2. The van der Waals surface area contributed by atoms with Crippen LogP contribution in [0.2, 0.25) is 0 Å². The van der Waals surface area contributed by atoms with Gasteiger partial charge >= 0.3 is 13.9 Å². The zero-order chi connectivity index (χ0) is 16.5. The lowest BCUT2D eigenvalue weighted by Crippen LogP contribution is -2.56. The van der Waals surface area contributed by atoms with Crippen LogP contribution in [0.25, 0.3) is 0 Å². The first-order valence-corrected chi connectivity index (χ1v) is 8.01. The molecule has 11 nitrogen and oxygen atoms in total. The molecular formula is C10H17N2O9P. The van der Waals surface area contributed by atoms with Crippen LogP contribution in [-0.4, -0.2) is 75.0 Å². The van der Waals surface area contributed by atoms with E-state index in [0.717, 1.165) is 4.90 Å². The summed E-state index contributed by atoms with van der Waals surface area (Å²) in [6, 6.07) is -0.742. The molecular weight excluding hydrogens is 323 g/mol. The number of ether oxygens (including phenoxy) is 1. The molecule has 2 aliphatic rings. The number of amides is 3. The molecule has 126 valence electrons. The van der Waals surface area contributed by atoms with Gasteiger partial charge in [-0.2, -0.15) is 0 Å². The quantitative estimate of drug-likeness (QED) is 0.347. The van der Waals surface area contributed by atoms with Crippen molar-refractivity contribution < 1.29 is 43.4 Å². The fourth-order valence-electron chi connectivity index (χ4n) is 2.43. The molecule has 2 saturated heterocycles. The average Bonchev–Trinajstić information content (AvgIpc) is 2.72. The van der Waals surface area contributed by atoms with E-state index in [1.54, 1.807) is 0 Å². The number of rotatable bonds is 5. The number of nitrogens with zero attached hydrogens (tertiary/aromatic N) is 1. The van der Waals surface area contributed by atoms with E-state index in [2.05, 4.69) is 9.84 Å². The van der Waals surface area contributed by atoms with Gasteiger partial charge in [-0.25, -0.2) is 9.36 Å². The SMILES string of the molecule is O=C1CCN([C@@H]2O[C@H](COP(=O)(O)O)[C@@H](CO)[C@H]2O)C(=O)N1. The standard InChI is InChI=1S/C10H17N2O9P/c13-3-5-6(4-20-22(17,18)19)21-9(8(5)15)12-2-1-7(14)11-10(12)16/h5-6,8-9,13,15H,1-4H2,(H,11,14,16)(H2,17,18,19)/t5-,6-,8-,9-/m1/s1. The number of carbonyl (C=O) groups is 2. The Labute approximate surface area is 125 Å². The Balaban J connectivity index is 2.06. The van der Waals surface area contributed by atoms with E-state index < -0.39 is 57.3 Å². The van der Waals surface area contributed by atoms with Gasteiger partial charge in [0.2, 0.25) is 5.91 Å². The Kier molecular flexibility index (Phi) is 5.17. The fraction of sp³-hybridized carbons (Fsp3) is 0.800. The summed E-state index contributed by atoms with van der Waals surface area (Å²) in [6.45, 7) is -1.06. The smallest absolute Gasteiger partial charge is 0.396 e. The largest absolute Gasteiger partial charge is 0.469 e. The first-order valence-electron chi connectivity index (χ1n) is 6.48. The first-order chi connectivity index (χ1) is 10.2. The topological polar surface area (TPSA) is 166 Å². The third-order valence-corrected chi connectivity index (χ3v) is 4.02. The van der Waals surface area contributed by atoms with Gasteiger partial charge in [-0.3, -0.25) is 19.5 Å². The second-order valence-electron chi connectivity index (χ2n) is 4.99. The third-order valence-electron chi connectivity index (χ3n) is 3.53. The molecule has 0 unspecified atom stereocenters. The fourth-order valence-corrected chi connectivity index (χ4v) is 2.77. The minimum atomic E-state index is -4.73. The molecule has 2 rings (SSSR count). The molecule has 0 saturated carbocycles. The van der Waals surface area contributed by atoms with Crippen LogP contribution in [0.5, 0.6) is 0 Å². The van der Waals surface area contributed by atoms with Crippen molar-refractivity contribution in [2.75, 3.05) is 19.8 Å². The van der Waals surface area contributed by atoms with E-state index in [4.69, 9.17) is 14.5 Å². The van der Waals surface area contributed by atoms with E-state index in [-0.39, 0.29) is 13.0 Å². The minimum absolute atomic E-state index is 0.0244. The van der Waals surface area contributed by atoms with Crippen LogP contribution < -0.4 is 5.32 Å². The maximum atomic E-state index is 11.7. The number of imide groups is 1. The van der Waals surface area contributed by atoms with E-state index >= 15 is 0 Å². The lowest BCUT2D eigenvalue weighted by molar-refractivity contribution is -0.125. The molecule has 0 bridgehead atoms. The van der Waals surface area contributed by atoms with Crippen LogP contribution in [0.1, 0.15) is 6.42 Å². The van der Waals surface area contributed by atoms with Crippen LogP contribution in [0.3, 0.4) is 0 Å². The summed E-state index contributed by atoms with van der Waals surface area (Å²) < 4.78 is 20.4. The summed E-state index contributed by atoms with van der Waals surface area (Å²) in [5.74, 6) is -1.34. The van der Waals surface area contributed by atoms with Crippen molar-refractivity contribution in [1.29, 1.82) is 0 Å². The van der Waals surface area contributed by atoms with Crippen LogP contribution in [0, 0.1) is 5.92 Å². The molecule has 0 aromatic heterocycles. The van der Waals surface area contributed by atoms with Gasteiger partial charge in [-0.1, -0.05) is 0 Å². The van der Waals surface area contributed by atoms with Crippen molar-refractivity contribution in [2.24, 2.45) is 5.92 Å². The molecule has 2 heterocycles. The molecule has 5 N–H and O–H groups in total. The number of phosphoric acid groups is 1. The van der Waals surface area contributed by atoms with E-state index in [1.165, 1.54) is 0 Å². The molecule has 0 spiro atoms. The Bertz CT molecular complexity index is 495. The summed E-state index contributed by atoms with van der Waals surface area (Å²) in [5, 5.41) is 21.5. The summed E-state index contributed by atoms with van der Waals surface area (Å²) in [4.78, 5) is 41.3. The maximum absolute atomic E-state index is 11.7. The molecule has 0 aromatic rings. The predicted molar refractivity (Wildman–Crippen MR) is 68.1 cm³/mol. The summed E-state index contributed by atoms with van der Waals surface area (Å²) in [5.41, 5.74) is 0. The second-order valence-corrected chi connectivity index (χ2v) is 6.22. The van der Waals surface area contributed by atoms with Gasteiger partial charge < -0.3 is 24.7 Å². The van der Waals surface area contributed by atoms with Crippen molar-refractivity contribution in [3.63, 3.8) is 0 Å². The van der Waals surface area contributed by atoms with Gasteiger partial charge in [0.1, 0.15) is 6.10 Å². The molecule has 22 heavy (non-hydrogen) atoms. The average molecular weight is 340 g/mol. The summed E-state index contributed by atoms with van der Waals surface area (Å²) >= 11 is 0. The van der Waals surface area contributed by atoms with Crippen molar-refractivity contribution in [3.8, 4) is 0 Å². The van der Waals surface area contributed by atoms with Crippen molar-refractivity contribution in [2.45, 2.75) is 24.9 Å². The highest BCUT2D eigenvalue weighted by Crippen LogP contribution is 2.38. The Hall–Kier alpha value is -1.07. The molecule has 2 aliphatic heterocycles. The number of hydrogen-bond donors (Lipinski definition) is 5. The van der Waals surface area contributed by atoms with Crippen LogP contribution in [0.15, 0.2) is 0 Å². The van der Waals surface area contributed by atoms with Gasteiger partial charge in [0.15, 0.2) is 6.23 Å². The Morgan fingerprint density at radius 3 is 2.64 bits per heavy atom. The number of phosphoric ester groups is 1. The van der Waals surface area contributed by atoms with Crippen molar-refractivity contribution in [3.05, 3.63) is 0 Å². The normalized spacial score (nSPS) is 33.2. The van der Waals surface area contributed by atoms with E-state index in [9.17, 15) is 24.4 Å². The van der Waals surface area contributed by atoms with Gasteiger partial charge in [0.25, 0.3) is 0 Å². The highest BCUT2D eigenvalue weighted by Gasteiger charge is 2.48. The third kappa shape index (κ3) is 3.82. The number of hydrogen-bond acceptors (Lipinski definition) is 7. The molecule has 0 radical (unpaired) electrons. The minimum Gasteiger partial charge on any atom is -0.396 e. The molecule has 3 amide bonds. The monoisotopic (exact) mass is 340 g/mol. The highest BCUT2D eigenvalue weighted by atomic mass is 31.2. The Morgan fingerprint density at radius 2 is 2.09 bits per heavy atom. The summed E-state index contributed by atoms with van der Waals surface area (Å²) in [7, 11) is -4.73. The van der Waals surface area contributed by atoms with E-state index in [0.29, 0.717) is 0 Å². The van der Waals surface area contributed by atoms with Gasteiger partial charge in [-0.05, 0) is 0 Å². The molecule has 12 heteroatoms. The lowest BCUT2D eigenvalue weighted by Gasteiger charge is -2.33. The van der Waals surface area contributed by atoms with Gasteiger partial charge in [0.05, 0.1) is 19.3 Å². The summed E-state index contributed by atoms with van der Waals surface area (Å²) in [6.07, 6.45) is -3.40. The molecule has 4 atom stereocenters. The lowest BCUT2D eigenvalue weighted by atomic mass is 9.99. The number of carbonyl (C=O) groups excluding carboxylic acids is 2. The molecule has 0 aromatic carbocycles. The highest BCUT2D eigenvalue weighted by molar-refractivity contribution is 7.46.